The van der Waals surface area contributed by atoms with Crippen LogP contribution >= 0.6 is 0 Å². The highest BCUT2D eigenvalue weighted by atomic mass is 19.1. The molecule has 1 fully saturated rings. The van der Waals surface area contributed by atoms with Gasteiger partial charge in [0.1, 0.15) is 11.9 Å². The molecule has 5 heteroatoms. The van der Waals surface area contributed by atoms with E-state index in [4.69, 9.17) is 4.74 Å². The number of hydrogen-bond donors (Lipinski definition) is 1. The molecule has 4 nitrogen and oxygen atoms in total. The van der Waals surface area contributed by atoms with Gasteiger partial charge in [0.05, 0.1) is 5.69 Å². The Bertz CT molecular complexity index is 651. The van der Waals surface area contributed by atoms with Crippen molar-refractivity contribution >= 4 is 6.08 Å². The molecule has 0 unspecified atom stereocenters. The van der Waals surface area contributed by atoms with Crippen molar-refractivity contribution in [2.45, 2.75) is 12.5 Å². The Balaban J connectivity index is 1.46. The van der Waals surface area contributed by atoms with E-state index in [1.165, 1.54) is 12.1 Å². The van der Waals surface area contributed by atoms with Crippen LogP contribution in [0.15, 0.2) is 42.6 Å². The third kappa shape index (κ3) is 4.06. The standard InChI is InChI=1S/C18H22FN3O/c1-22-17(8-11-21-22)18-15(9-12-23-18)13-20-10-2-3-14-4-6-16(19)7-5-14/h2-8,11,15,18,20H,9-10,12-13H2,1H3/b3-2+/t15-,18+/m0/s1. The Labute approximate surface area is 136 Å². The number of rotatable bonds is 6. The summed E-state index contributed by atoms with van der Waals surface area (Å²) in [5.74, 6) is 0.257. The van der Waals surface area contributed by atoms with Crippen LogP contribution in [0.2, 0.25) is 0 Å². The lowest BCUT2D eigenvalue weighted by Gasteiger charge is -2.18. The van der Waals surface area contributed by atoms with Crippen LogP contribution in [-0.2, 0) is 11.8 Å². The summed E-state index contributed by atoms with van der Waals surface area (Å²) < 4.78 is 20.6. The number of aryl methyl sites for hydroxylation is 1. The lowest BCUT2D eigenvalue weighted by atomic mass is 9.99. The fourth-order valence-corrected chi connectivity index (χ4v) is 2.95. The van der Waals surface area contributed by atoms with E-state index < -0.39 is 0 Å². The number of nitrogens with zero attached hydrogens (tertiary/aromatic N) is 2. The first-order valence-electron chi connectivity index (χ1n) is 7.96. The first-order valence-corrected chi connectivity index (χ1v) is 7.96. The lowest BCUT2D eigenvalue weighted by molar-refractivity contribution is 0.0841. The summed E-state index contributed by atoms with van der Waals surface area (Å²) in [6, 6.07) is 8.52. The van der Waals surface area contributed by atoms with Gasteiger partial charge in [-0.1, -0.05) is 24.3 Å². The second kappa shape index (κ2) is 7.53. The number of nitrogens with one attached hydrogen (secondary N) is 1. The minimum absolute atomic E-state index is 0.121. The van der Waals surface area contributed by atoms with Crippen molar-refractivity contribution in [1.29, 1.82) is 0 Å². The van der Waals surface area contributed by atoms with Gasteiger partial charge in [-0.3, -0.25) is 4.68 Å². The maximum atomic E-state index is 12.8. The molecule has 0 radical (unpaired) electrons. The van der Waals surface area contributed by atoms with Gasteiger partial charge >= 0.3 is 0 Å². The van der Waals surface area contributed by atoms with Crippen LogP contribution in [-0.4, -0.2) is 29.5 Å². The molecule has 1 aliphatic heterocycles. The average molecular weight is 315 g/mol. The summed E-state index contributed by atoms with van der Waals surface area (Å²) in [7, 11) is 1.95. The molecule has 1 saturated heterocycles. The molecule has 2 heterocycles. The van der Waals surface area contributed by atoms with Crippen molar-refractivity contribution < 1.29 is 9.13 Å². The predicted molar refractivity (Wildman–Crippen MR) is 88.3 cm³/mol. The van der Waals surface area contributed by atoms with Gasteiger partial charge in [0.2, 0.25) is 0 Å². The monoisotopic (exact) mass is 315 g/mol. The number of ether oxygens (including phenoxy) is 1. The highest BCUT2D eigenvalue weighted by Gasteiger charge is 2.30. The molecule has 0 amide bonds. The molecule has 0 bridgehead atoms. The number of hydrogen-bond acceptors (Lipinski definition) is 3. The molecule has 1 N–H and O–H groups in total. The molecule has 2 aromatic rings. The predicted octanol–water partition coefficient (Wildman–Crippen LogP) is 2.94. The van der Waals surface area contributed by atoms with Gasteiger partial charge in [-0.2, -0.15) is 5.10 Å². The summed E-state index contributed by atoms with van der Waals surface area (Å²) in [6.07, 6.45) is 7.05. The van der Waals surface area contributed by atoms with Crippen molar-refractivity contribution in [3.63, 3.8) is 0 Å². The van der Waals surface area contributed by atoms with Crippen molar-refractivity contribution in [3.8, 4) is 0 Å². The molecular weight excluding hydrogens is 293 g/mol. The topological polar surface area (TPSA) is 39.1 Å². The fourth-order valence-electron chi connectivity index (χ4n) is 2.95. The van der Waals surface area contributed by atoms with Crippen LogP contribution in [0.1, 0.15) is 23.8 Å². The minimum Gasteiger partial charge on any atom is -0.372 e. The zero-order valence-electron chi connectivity index (χ0n) is 13.3. The van der Waals surface area contributed by atoms with Crippen LogP contribution in [0.4, 0.5) is 4.39 Å². The van der Waals surface area contributed by atoms with E-state index in [2.05, 4.69) is 16.5 Å². The molecule has 1 aromatic heterocycles. The molecule has 1 aliphatic rings. The summed E-state index contributed by atoms with van der Waals surface area (Å²) >= 11 is 0. The van der Waals surface area contributed by atoms with E-state index in [-0.39, 0.29) is 11.9 Å². The van der Waals surface area contributed by atoms with E-state index in [1.54, 1.807) is 12.1 Å². The molecular formula is C18H22FN3O. The molecule has 0 spiro atoms. The van der Waals surface area contributed by atoms with E-state index in [1.807, 2.05) is 30.1 Å². The van der Waals surface area contributed by atoms with Gasteiger partial charge in [-0.25, -0.2) is 4.39 Å². The zero-order chi connectivity index (χ0) is 16.1. The highest BCUT2D eigenvalue weighted by Crippen LogP contribution is 2.33. The van der Waals surface area contributed by atoms with Crippen molar-refractivity contribution in [1.82, 2.24) is 15.1 Å². The average Bonchev–Trinajstić information content (AvgIpc) is 3.17. The summed E-state index contributed by atoms with van der Waals surface area (Å²) in [5, 5.41) is 7.67. The number of benzene rings is 1. The van der Waals surface area contributed by atoms with Gasteiger partial charge in [0.15, 0.2) is 0 Å². The highest BCUT2D eigenvalue weighted by molar-refractivity contribution is 5.48. The zero-order valence-corrected chi connectivity index (χ0v) is 13.3. The number of aromatic nitrogens is 2. The lowest BCUT2D eigenvalue weighted by Crippen LogP contribution is -2.25. The molecule has 0 saturated carbocycles. The normalized spacial score (nSPS) is 21.3. The summed E-state index contributed by atoms with van der Waals surface area (Å²) in [5.41, 5.74) is 2.14. The van der Waals surface area contributed by atoms with Gasteiger partial charge in [0, 0.05) is 38.9 Å². The second-order valence-corrected chi connectivity index (χ2v) is 5.83. The quantitative estimate of drug-likeness (QED) is 0.833. The van der Waals surface area contributed by atoms with Gasteiger partial charge < -0.3 is 10.1 Å². The first-order chi connectivity index (χ1) is 11.2. The molecule has 0 aliphatic carbocycles. The molecule has 3 rings (SSSR count). The Kier molecular flexibility index (Phi) is 5.20. The van der Waals surface area contributed by atoms with Gasteiger partial charge in [-0.15, -0.1) is 0 Å². The second-order valence-electron chi connectivity index (χ2n) is 5.83. The third-order valence-electron chi connectivity index (χ3n) is 4.21. The minimum atomic E-state index is -0.206. The van der Waals surface area contributed by atoms with Crippen molar-refractivity contribution in [2.75, 3.05) is 19.7 Å². The first kappa shape index (κ1) is 15.9. The smallest absolute Gasteiger partial charge is 0.123 e. The van der Waals surface area contributed by atoms with E-state index in [9.17, 15) is 4.39 Å². The number of halogens is 1. The van der Waals surface area contributed by atoms with E-state index in [0.717, 1.165) is 37.4 Å². The van der Waals surface area contributed by atoms with Crippen LogP contribution in [0.5, 0.6) is 0 Å². The Hall–Kier alpha value is -1.98. The largest absolute Gasteiger partial charge is 0.372 e. The maximum Gasteiger partial charge on any atom is 0.123 e. The van der Waals surface area contributed by atoms with Gasteiger partial charge in [-0.05, 0) is 30.2 Å². The molecule has 1 aromatic carbocycles. The summed E-state index contributed by atoms with van der Waals surface area (Å²) in [4.78, 5) is 0. The van der Waals surface area contributed by atoms with Crippen LogP contribution in [0.25, 0.3) is 6.08 Å². The fraction of sp³-hybridized carbons (Fsp3) is 0.389. The Morgan fingerprint density at radius 2 is 2.17 bits per heavy atom. The van der Waals surface area contributed by atoms with Crippen LogP contribution in [0.3, 0.4) is 0 Å². The Morgan fingerprint density at radius 1 is 1.35 bits per heavy atom. The van der Waals surface area contributed by atoms with E-state index in [0.29, 0.717) is 5.92 Å². The van der Waals surface area contributed by atoms with Crippen molar-refractivity contribution in [3.05, 3.63) is 59.7 Å². The maximum absolute atomic E-state index is 12.8. The van der Waals surface area contributed by atoms with Gasteiger partial charge in [0.25, 0.3) is 0 Å². The third-order valence-corrected chi connectivity index (χ3v) is 4.21. The van der Waals surface area contributed by atoms with Crippen LogP contribution < -0.4 is 5.32 Å². The van der Waals surface area contributed by atoms with Crippen molar-refractivity contribution in [2.24, 2.45) is 13.0 Å². The Morgan fingerprint density at radius 3 is 2.91 bits per heavy atom. The van der Waals surface area contributed by atoms with Crippen LogP contribution in [0, 0.1) is 11.7 Å². The summed E-state index contributed by atoms with van der Waals surface area (Å²) in [6.45, 7) is 2.49. The molecule has 122 valence electrons. The SMILES string of the molecule is Cn1nccc1[C@@H]1OCC[C@H]1CNC/C=C/c1ccc(F)cc1. The van der Waals surface area contributed by atoms with E-state index >= 15 is 0 Å². The molecule has 2 atom stereocenters. The molecule has 23 heavy (non-hydrogen) atoms.